The Hall–Kier alpha value is -1.81. The Morgan fingerprint density at radius 3 is 2.48 bits per heavy atom. The maximum absolute atomic E-state index is 10.3. The van der Waals surface area contributed by atoms with E-state index in [4.69, 9.17) is 4.74 Å². The van der Waals surface area contributed by atoms with Crippen molar-refractivity contribution in [1.82, 2.24) is 19.5 Å². The van der Waals surface area contributed by atoms with Crippen LogP contribution in [0, 0.1) is 0 Å². The van der Waals surface area contributed by atoms with Gasteiger partial charge in [0.05, 0.1) is 12.9 Å². The molecule has 0 spiro atoms. The predicted octanol–water partition coefficient (Wildman–Crippen LogP) is -0.182. The van der Waals surface area contributed by atoms with Gasteiger partial charge in [0.2, 0.25) is 0 Å². The van der Waals surface area contributed by atoms with Gasteiger partial charge < -0.3 is 25.0 Å². The van der Waals surface area contributed by atoms with E-state index in [1.807, 2.05) is 0 Å². The molecule has 9 nitrogen and oxygen atoms in total. The molecule has 25 heavy (non-hydrogen) atoms. The highest BCUT2D eigenvalue weighted by atomic mass is 16.6. The molecule has 4 rings (SSSR count). The molecule has 9 heteroatoms. The van der Waals surface area contributed by atoms with Gasteiger partial charge in [-0.3, -0.25) is 4.57 Å². The first-order valence-corrected chi connectivity index (χ1v) is 8.75. The van der Waals surface area contributed by atoms with E-state index in [0.717, 1.165) is 31.7 Å². The molecule has 4 atom stereocenters. The fraction of sp³-hybridized carbons (Fsp3) is 0.688. The number of aromatic nitrogens is 4. The van der Waals surface area contributed by atoms with Crippen LogP contribution in [0.4, 0.5) is 5.82 Å². The summed E-state index contributed by atoms with van der Waals surface area (Å²) in [6.07, 6.45) is 3.74. The van der Waals surface area contributed by atoms with Gasteiger partial charge in [-0.1, -0.05) is 12.8 Å². The molecule has 2 saturated heterocycles. The fourth-order valence-corrected chi connectivity index (χ4v) is 3.65. The van der Waals surface area contributed by atoms with Crippen molar-refractivity contribution in [2.75, 3.05) is 24.6 Å². The van der Waals surface area contributed by atoms with E-state index in [2.05, 4.69) is 19.9 Å². The lowest BCUT2D eigenvalue weighted by Gasteiger charge is -2.21. The highest BCUT2D eigenvalue weighted by molar-refractivity contribution is 5.83. The number of nitrogens with zero attached hydrogens (tertiary/aromatic N) is 5. The number of ether oxygens (including phenoxy) is 1. The lowest BCUT2D eigenvalue weighted by Crippen LogP contribution is -2.33. The third-order valence-corrected chi connectivity index (χ3v) is 5.04. The molecule has 136 valence electrons. The van der Waals surface area contributed by atoms with E-state index < -0.39 is 24.5 Å². The van der Waals surface area contributed by atoms with Crippen molar-refractivity contribution in [3.05, 3.63) is 12.7 Å². The standard InChI is InChI=1S/C16H23N5O4/c22-7-10-12(23)13(24)16(25-10)21-9-19-11-14(17-8-18-15(11)21)20-5-3-1-2-4-6-20/h8-10,12-13,16,22-24H,1-7H2/t10-,12-,13-,16-/m1/s1. The smallest absolute Gasteiger partial charge is 0.167 e. The topological polar surface area (TPSA) is 117 Å². The highest BCUT2D eigenvalue weighted by Crippen LogP contribution is 2.33. The van der Waals surface area contributed by atoms with Gasteiger partial charge in [0.15, 0.2) is 23.2 Å². The van der Waals surface area contributed by atoms with Gasteiger partial charge in [0, 0.05) is 13.1 Å². The summed E-state index contributed by atoms with van der Waals surface area (Å²) in [5.74, 6) is 0.789. The highest BCUT2D eigenvalue weighted by Gasteiger charge is 2.44. The first-order valence-electron chi connectivity index (χ1n) is 8.75. The average molecular weight is 349 g/mol. The normalized spacial score (nSPS) is 30.8. The van der Waals surface area contributed by atoms with Crippen LogP contribution < -0.4 is 4.90 Å². The first-order chi connectivity index (χ1) is 12.2. The van der Waals surface area contributed by atoms with E-state index in [0.29, 0.717) is 11.2 Å². The minimum absolute atomic E-state index is 0.366. The molecule has 0 amide bonds. The van der Waals surface area contributed by atoms with Gasteiger partial charge in [-0.05, 0) is 12.8 Å². The van der Waals surface area contributed by atoms with Crippen LogP contribution in [-0.2, 0) is 4.74 Å². The molecule has 2 aromatic heterocycles. The molecular weight excluding hydrogens is 326 g/mol. The van der Waals surface area contributed by atoms with E-state index in [1.54, 1.807) is 10.9 Å². The first kappa shape index (κ1) is 16.6. The second-order valence-electron chi connectivity index (χ2n) is 6.65. The fourth-order valence-electron chi connectivity index (χ4n) is 3.65. The molecule has 3 N–H and O–H groups in total. The monoisotopic (exact) mass is 349 g/mol. The Kier molecular flexibility index (Phi) is 4.55. The Labute approximate surface area is 144 Å². The van der Waals surface area contributed by atoms with Gasteiger partial charge in [-0.2, -0.15) is 0 Å². The number of aliphatic hydroxyl groups excluding tert-OH is 3. The van der Waals surface area contributed by atoms with E-state index in [9.17, 15) is 15.3 Å². The third kappa shape index (κ3) is 2.86. The van der Waals surface area contributed by atoms with Crippen molar-refractivity contribution in [1.29, 1.82) is 0 Å². The number of hydrogen-bond donors (Lipinski definition) is 3. The summed E-state index contributed by atoms with van der Waals surface area (Å²) in [6.45, 7) is 1.51. The van der Waals surface area contributed by atoms with Gasteiger partial charge in [0.25, 0.3) is 0 Å². The second-order valence-corrected chi connectivity index (χ2v) is 6.65. The van der Waals surface area contributed by atoms with Crippen molar-refractivity contribution < 1.29 is 20.1 Å². The predicted molar refractivity (Wildman–Crippen MR) is 89.0 cm³/mol. The van der Waals surface area contributed by atoms with Crippen molar-refractivity contribution in [2.24, 2.45) is 0 Å². The summed E-state index contributed by atoms with van der Waals surface area (Å²) < 4.78 is 7.19. The van der Waals surface area contributed by atoms with Gasteiger partial charge in [0.1, 0.15) is 24.6 Å². The minimum atomic E-state index is -1.16. The van der Waals surface area contributed by atoms with Crippen LogP contribution in [-0.4, -0.2) is 72.8 Å². The quantitative estimate of drug-likeness (QED) is 0.699. The molecule has 2 aliphatic heterocycles. The van der Waals surface area contributed by atoms with Crippen LogP contribution in [0.2, 0.25) is 0 Å². The summed E-state index contributed by atoms with van der Waals surface area (Å²) in [7, 11) is 0. The molecule has 0 aliphatic carbocycles. The second kappa shape index (κ2) is 6.83. The number of aliphatic hydroxyl groups is 3. The van der Waals surface area contributed by atoms with Crippen molar-refractivity contribution in [2.45, 2.75) is 50.2 Å². The zero-order chi connectivity index (χ0) is 17.4. The third-order valence-electron chi connectivity index (χ3n) is 5.04. The van der Waals surface area contributed by atoms with Crippen LogP contribution in [0.15, 0.2) is 12.7 Å². The lowest BCUT2D eigenvalue weighted by atomic mass is 10.1. The Bertz CT molecular complexity index is 730. The van der Waals surface area contributed by atoms with Crippen LogP contribution in [0.3, 0.4) is 0 Å². The average Bonchev–Trinajstić information content (AvgIpc) is 3.04. The molecule has 2 aliphatic rings. The zero-order valence-electron chi connectivity index (χ0n) is 13.9. The molecule has 0 unspecified atom stereocenters. The Morgan fingerprint density at radius 2 is 1.80 bits per heavy atom. The van der Waals surface area contributed by atoms with Crippen molar-refractivity contribution in [3.63, 3.8) is 0 Å². The SMILES string of the molecule is OC[C@H]1O[C@@H](n2cnc3c(N4CCCCCC4)ncnc32)[C@H](O)[C@@H]1O. The van der Waals surface area contributed by atoms with Crippen LogP contribution in [0.25, 0.3) is 11.2 Å². The van der Waals surface area contributed by atoms with Crippen LogP contribution in [0.5, 0.6) is 0 Å². The summed E-state index contributed by atoms with van der Waals surface area (Å²) >= 11 is 0. The molecular formula is C16H23N5O4. The largest absolute Gasteiger partial charge is 0.394 e. The molecule has 2 aromatic rings. The number of imidazole rings is 1. The summed E-state index contributed by atoms with van der Waals surface area (Å²) in [5, 5.41) is 29.5. The van der Waals surface area contributed by atoms with E-state index in [-0.39, 0.29) is 6.61 Å². The Balaban J connectivity index is 1.69. The maximum atomic E-state index is 10.3. The zero-order valence-corrected chi connectivity index (χ0v) is 13.9. The maximum Gasteiger partial charge on any atom is 0.167 e. The molecule has 2 fully saturated rings. The van der Waals surface area contributed by atoms with Gasteiger partial charge >= 0.3 is 0 Å². The Morgan fingerprint density at radius 1 is 1.04 bits per heavy atom. The number of fused-ring (bicyclic) bond motifs is 1. The van der Waals surface area contributed by atoms with Gasteiger partial charge in [-0.25, -0.2) is 15.0 Å². The van der Waals surface area contributed by atoms with E-state index >= 15 is 0 Å². The summed E-state index contributed by atoms with van der Waals surface area (Å²) in [4.78, 5) is 15.4. The molecule has 0 bridgehead atoms. The molecule has 0 radical (unpaired) electrons. The van der Waals surface area contributed by atoms with E-state index in [1.165, 1.54) is 19.2 Å². The number of anilines is 1. The van der Waals surface area contributed by atoms with Gasteiger partial charge in [-0.15, -0.1) is 0 Å². The minimum Gasteiger partial charge on any atom is -0.394 e. The summed E-state index contributed by atoms with van der Waals surface area (Å²) in [5.41, 5.74) is 1.20. The number of rotatable bonds is 3. The molecule has 4 heterocycles. The molecule has 0 saturated carbocycles. The van der Waals surface area contributed by atoms with Crippen LogP contribution in [0.1, 0.15) is 31.9 Å². The van der Waals surface area contributed by atoms with Crippen molar-refractivity contribution >= 4 is 17.0 Å². The molecule has 0 aromatic carbocycles. The summed E-state index contributed by atoms with van der Waals surface area (Å²) in [6, 6.07) is 0. The van der Waals surface area contributed by atoms with Crippen molar-refractivity contribution in [3.8, 4) is 0 Å². The lowest BCUT2D eigenvalue weighted by molar-refractivity contribution is -0.0511. The van der Waals surface area contributed by atoms with Crippen LogP contribution >= 0.6 is 0 Å². The number of hydrogen-bond acceptors (Lipinski definition) is 8.